The molecule has 0 bridgehead atoms. The molecule has 0 unspecified atom stereocenters. The summed E-state index contributed by atoms with van der Waals surface area (Å²) in [7, 11) is 3.66. The summed E-state index contributed by atoms with van der Waals surface area (Å²) in [6, 6.07) is 12.8. The molecular weight excluding hydrogens is 398 g/mol. The van der Waals surface area contributed by atoms with Gasteiger partial charge in [-0.3, -0.25) is 4.79 Å². The molecule has 3 rings (SSSR count). The molecule has 2 N–H and O–H groups in total. The van der Waals surface area contributed by atoms with Gasteiger partial charge in [0.2, 0.25) is 5.91 Å². The summed E-state index contributed by atoms with van der Waals surface area (Å²) in [5, 5.41) is 6.12. The summed E-state index contributed by atoms with van der Waals surface area (Å²) in [6.07, 6.45) is -0.145. The monoisotopic (exact) mass is 424 g/mol. The van der Waals surface area contributed by atoms with Crippen LogP contribution in [0.2, 0.25) is 0 Å². The zero-order valence-corrected chi connectivity index (χ0v) is 18.1. The van der Waals surface area contributed by atoms with Crippen molar-refractivity contribution in [3.8, 4) is 0 Å². The maximum Gasteiger partial charge on any atom is 0.228 e. The van der Waals surface area contributed by atoms with Crippen LogP contribution in [0.25, 0.3) is 0 Å². The number of aryl methyl sites for hydroxylation is 2. The molecular formula is C24H26F2N4O. The minimum absolute atomic E-state index is 0.145. The maximum absolute atomic E-state index is 13.4. The van der Waals surface area contributed by atoms with E-state index in [0.29, 0.717) is 23.9 Å². The van der Waals surface area contributed by atoms with Gasteiger partial charge < -0.3 is 15.5 Å². The van der Waals surface area contributed by atoms with Crippen LogP contribution < -0.4 is 15.5 Å². The second-order valence-electron chi connectivity index (χ2n) is 7.69. The molecule has 0 aliphatic carbocycles. The molecule has 0 atom stereocenters. The van der Waals surface area contributed by atoms with Crippen molar-refractivity contribution in [1.82, 2.24) is 4.98 Å². The van der Waals surface area contributed by atoms with Gasteiger partial charge in [-0.15, -0.1) is 0 Å². The van der Waals surface area contributed by atoms with Crippen molar-refractivity contribution in [3.63, 3.8) is 0 Å². The van der Waals surface area contributed by atoms with E-state index in [9.17, 15) is 13.6 Å². The van der Waals surface area contributed by atoms with E-state index in [1.54, 1.807) is 17.0 Å². The van der Waals surface area contributed by atoms with Crippen LogP contribution in [0, 0.1) is 25.5 Å². The number of anilines is 3. The van der Waals surface area contributed by atoms with E-state index in [0.717, 1.165) is 18.2 Å². The Bertz CT molecular complexity index is 1060. The zero-order valence-electron chi connectivity index (χ0n) is 18.1. The Morgan fingerprint density at radius 1 is 1.00 bits per heavy atom. The number of halogens is 2. The van der Waals surface area contributed by atoms with Gasteiger partial charge in [0.1, 0.15) is 17.5 Å². The summed E-state index contributed by atoms with van der Waals surface area (Å²) in [6.45, 7) is 4.78. The van der Waals surface area contributed by atoms with Crippen LogP contribution in [0.5, 0.6) is 0 Å². The Morgan fingerprint density at radius 2 is 1.65 bits per heavy atom. The molecule has 5 nitrogen and oxygen atoms in total. The number of aromatic nitrogens is 1. The standard InChI is InChI=1S/C24H26F2N4O/c1-15-6-5-7-16(2)20(15)14-27-22-9-8-21(24(29-22)30(3)4)28-23(31)12-17-10-18(25)13-19(26)11-17/h5-11,13H,12,14H2,1-4H3,(H,27,29)(H,28,31). The molecule has 0 saturated heterocycles. The number of pyridine rings is 1. The van der Waals surface area contributed by atoms with Gasteiger partial charge in [0.05, 0.1) is 12.1 Å². The number of nitrogens with zero attached hydrogens (tertiary/aromatic N) is 2. The van der Waals surface area contributed by atoms with E-state index < -0.39 is 11.6 Å². The molecule has 0 spiro atoms. The van der Waals surface area contributed by atoms with Gasteiger partial charge in [-0.05, 0) is 60.4 Å². The van der Waals surface area contributed by atoms with Gasteiger partial charge >= 0.3 is 0 Å². The largest absolute Gasteiger partial charge is 0.366 e. The predicted molar refractivity (Wildman–Crippen MR) is 120 cm³/mol. The third kappa shape index (κ3) is 5.78. The first kappa shape index (κ1) is 22.2. The van der Waals surface area contributed by atoms with Crippen molar-refractivity contribution >= 4 is 23.2 Å². The lowest BCUT2D eigenvalue weighted by molar-refractivity contribution is -0.115. The van der Waals surface area contributed by atoms with E-state index in [-0.39, 0.29) is 17.9 Å². The molecule has 0 aliphatic rings. The fourth-order valence-corrected chi connectivity index (χ4v) is 3.38. The van der Waals surface area contributed by atoms with E-state index in [1.807, 2.05) is 20.2 Å². The molecule has 1 heterocycles. The Kier molecular flexibility index (Phi) is 6.84. The zero-order chi connectivity index (χ0) is 22.5. The van der Waals surface area contributed by atoms with E-state index >= 15 is 0 Å². The Morgan fingerprint density at radius 3 is 2.26 bits per heavy atom. The van der Waals surface area contributed by atoms with Crippen LogP contribution >= 0.6 is 0 Å². The van der Waals surface area contributed by atoms with Crippen LogP contribution in [0.4, 0.5) is 26.1 Å². The van der Waals surface area contributed by atoms with Gasteiger partial charge in [-0.25, -0.2) is 13.8 Å². The summed E-state index contributed by atoms with van der Waals surface area (Å²) in [5.41, 5.74) is 4.41. The first-order valence-electron chi connectivity index (χ1n) is 9.95. The third-order valence-corrected chi connectivity index (χ3v) is 4.95. The molecule has 0 aliphatic heterocycles. The van der Waals surface area contributed by atoms with Crippen molar-refractivity contribution in [2.45, 2.75) is 26.8 Å². The predicted octanol–water partition coefficient (Wildman–Crippen LogP) is 4.84. The van der Waals surface area contributed by atoms with Gasteiger partial charge in [0, 0.05) is 26.7 Å². The van der Waals surface area contributed by atoms with Crippen LogP contribution in [-0.4, -0.2) is 25.0 Å². The SMILES string of the molecule is Cc1cccc(C)c1CNc1ccc(NC(=O)Cc2cc(F)cc(F)c2)c(N(C)C)n1. The lowest BCUT2D eigenvalue weighted by atomic mass is 10.0. The summed E-state index contributed by atoms with van der Waals surface area (Å²) < 4.78 is 26.7. The number of carbonyl (C=O) groups is 1. The second kappa shape index (κ2) is 9.55. The molecule has 7 heteroatoms. The lowest BCUT2D eigenvalue weighted by Gasteiger charge is -2.19. The van der Waals surface area contributed by atoms with Crippen molar-refractivity contribution < 1.29 is 13.6 Å². The fraction of sp³-hybridized carbons (Fsp3) is 0.250. The molecule has 162 valence electrons. The highest BCUT2D eigenvalue weighted by molar-refractivity contribution is 5.95. The summed E-state index contributed by atoms with van der Waals surface area (Å²) in [4.78, 5) is 18.8. The van der Waals surface area contributed by atoms with Crippen molar-refractivity contribution in [2.75, 3.05) is 29.6 Å². The first-order valence-corrected chi connectivity index (χ1v) is 9.95. The van der Waals surface area contributed by atoms with Crippen molar-refractivity contribution in [3.05, 3.63) is 82.4 Å². The number of amides is 1. The highest BCUT2D eigenvalue weighted by Crippen LogP contribution is 2.25. The van der Waals surface area contributed by atoms with Gasteiger partial charge in [-0.1, -0.05) is 18.2 Å². The van der Waals surface area contributed by atoms with Crippen LogP contribution in [0.15, 0.2) is 48.5 Å². The Balaban J connectivity index is 1.73. The number of benzene rings is 2. The lowest BCUT2D eigenvalue weighted by Crippen LogP contribution is -2.20. The fourth-order valence-electron chi connectivity index (χ4n) is 3.38. The molecule has 31 heavy (non-hydrogen) atoms. The second-order valence-corrected chi connectivity index (χ2v) is 7.69. The Labute approximate surface area is 181 Å². The molecule has 0 radical (unpaired) electrons. The van der Waals surface area contributed by atoms with Crippen molar-refractivity contribution in [1.29, 1.82) is 0 Å². The van der Waals surface area contributed by atoms with E-state index in [4.69, 9.17) is 0 Å². The topological polar surface area (TPSA) is 57.3 Å². The first-order chi connectivity index (χ1) is 14.7. The summed E-state index contributed by atoms with van der Waals surface area (Å²) in [5.74, 6) is -0.552. The molecule has 0 saturated carbocycles. The number of hydrogen-bond acceptors (Lipinski definition) is 4. The van der Waals surface area contributed by atoms with Crippen LogP contribution in [0.1, 0.15) is 22.3 Å². The molecule has 1 aromatic heterocycles. The summed E-state index contributed by atoms with van der Waals surface area (Å²) >= 11 is 0. The minimum atomic E-state index is -0.710. The maximum atomic E-state index is 13.4. The molecule has 0 fully saturated rings. The highest BCUT2D eigenvalue weighted by atomic mass is 19.1. The Hall–Kier alpha value is -3.48. The number of hydrogen-bond donors (Lipinski definition) is 2. The average molecular weight is 424 g/mol. The van der Waals surface area contributed by atoms with Crippen molar-refractivity contribution in [2.24, 2.45) is 0 Å². The molecule has 1 amide bonds. The third-order valence-electron chi connectivity index (χ3n) is 4.95. The number of carbonyl (C=O) groups excluding carboxylic acids is 1. The normalized spacial score (nSPS) is 10.6. The van der Waals surface area contributed by atoms with Gasteiger partial charge in [-0.2, -0.15) is 0 Å². The van der Waals surface area contributed by atoms with Gasteiger partial charge in [0.15, 0.2) is 5.82 Å². The highest BCUT2D eigenvalue weighted by Gasteiger charge is 2.13. The average Bonchev–Trinajstić information content (AvgIpc) is 2.67. The smallest absolute Gasteiger partial charge is 0.228 e. The molecule has 3 aromatic rings. The minimum Gasteiger partial charge on any atom is -0.366 e. The van der Waals surface area contributed by atoms with E-state index in [1.165, 1.54) is 16.7 Å². The van der Waals surface area contributed by atoms with E-state index in [2.05, 4.69) is 41.6 Å². The van der Waals surface area contributed by atoms with Crippen LogP contribution in [0.3, 0.4) is 0 Å². The quantitative estimate of drug-likeness (QED) is 0.570. The molecule has 2 aromatic carbocycles. The van der Waals surface area contributed by atoms with Crippen LogP contribution in [-0.2, 0) is 17.8 Å². The van der Waals surface area contributed by atoms with Gasteiger partial charge in [0.25, 0.3) is 0 Å². The number of nitrogens with one attached hydrogen (secondary N) is 2. The number of rotatable bonds is 7.